The van der Waals surface area contributed by atoms with Gasteiger partial charge in [-0.05, 0) is 6.08 Å². The average Bonchev–Trinajstić information content (AvgIpc) is 2.49. The van der Waals surface area contributed by atoms with Crippen LogP contribution in [-0.4, -0.2) is 20.2 Å². The van der Waals surface area contributed by atoms with Crippen LogP contribution in [-0.2, 0) is 14.2 Å². The minimum atomic E-state index is -0.842. The topological polar surface area (TPSA) is 27.7 Å². The highest BCUT2D eigenvalue weighted by Crippen LogP contribution is 2.30. The van der Waals surface area contributed by atoms with Crippen LogP contribution in [0.25, 0.3) is 0 Å². The molecule has 0 N–H and O–H groups in total. The van der Waals surface area contributed by atoms with Gasteiger partial charge in [0.1, 0.15) is 0 Å². The molecule has 1 heterocycles. The Balaban J connectivity index is 2.54. The highest BCUT2D eigenvalue weighted by molar-refractivity contribution is 5.01. The van der Waals surface area contributed by atoms with Gasteiger partial charge in [-0.25, -0.2) is 0 Å². The molecule has 0 radical (unpaired) electrons. The van der Waals surface area contributed by atoms with Gasteiger partial charge in [-0.3, -0.25) is 0 Å². The largest absolute Gasteiger partial charge is 0.444 e. The predicted octanol–water partition coefficient (Wildman–Crippen LogP) is 1.65. The normalized spacial score (nSPS) is 21.2. The SMILES string of the molecule is CCC1=CCC(OC)(OC)O1. The summed E-state index contributed by atoms with van der Waals surface area (Å²) in [6, 6.07) is 0. The summed E-state index contributed by atoms with van der Waals surface area (Å²) in [5.41, 5.74) is 0. The van der Waals surface area contributed by atoms with Crippen molar-refractivity contribution in [3.05, 3.63) is 11.8 Å². The van der Waals surface area contributed by atoms with E-state index in [1.54, 1.807) is 14.2 Å². The molecule has 1 aliphatic heterocycles. The molecular weight excluding hydrogens is 144 g/mol. The average molecular weight is 158 g/mol. The Morgan fingerprint density at radius 3 is 2.45 bits per heavy atom. The molecule has 0 fully saturated rings. The second-order valence-corrected chi connectivity index (χ2v) is 2.42. The van der Waals surface area contributed by atoms with Crippen molar-refractivity contribution in [3.8, 4) is 0 Å². The zero-order valence-corrected chi connectivity index (χ0v) is 7.22. The standard InChI is InChI=1S/C8H14O3/c1-4-7-5-6-8(9-2,10-3)11-7/h5H,4,6H2,1-3H3. The summed E-state index contributed by atoms with van der Waals surface area (Å²) in [6.45, 7) is 2.03. The summed E-state index contributed by atoms with van der Waals surface area (Å²) in [5, 5.41) is 0. The summed E-state index contributed by atoms with van der Waals surface area (Å²) < 4.78 is 15.6. The van der Waals surface area contributed by atoms with Crippen molar-refractivity contribution in [2.75, 3.05) is 14.2 Å². The van der Waals surface area contributed by atoms with E-state index in [1.807, 2.05) is 13.0 Å². The number of hydrogen-bond acceptors (Lipinski definition) is 3. The smallest absolute Gasteiger partial charge is 0.329 e. The van der Waals surface area contributed by atoms with Gasteiger partial charge >= 0.3 is 5.97 Å². The lowest BCUT2D eigenvalue weighted by atomic mass is 10.3. The molecule has 0 bridgehead atoms. The number of methoxy groups -OCH3 is 2. The molecule has 3 heteroatoms. The van der Waals surface area contributed by atoms with Crippen molar-refractivity contribution >= 4 is 0 Å². The van der Waals surface area contributed by atoms with Gasteiger partial charge in [0, 0.05) is 20.6 Å². The molecule has 64 valence electrons. The second-order valence-electron chi connectivity index (χ2n) is 2.42. The molecule has 0 spiro atoms. The molecule has 0 unspecified atom stereocenters. The van der Waals surface area contributed by atoms with Gasteiger partial charge in [0.2, 0.25) is 0 Å². The first-order valence-electron chi connectivity index (χ1n) is 3.74. The highest BCUT2D eigenvalue weighted by atomic mass is 16.9. The Kier molecular flexibility index (Phi) is 2.52. The summed E-state index contributed by atoms with van der Waals surface area (Å²) >= 11 is 0. The van der Waals surface area contributed by atoms with Crippen molar-refractivity contribution < 1.29 is 14.2 Å². The van der Waals surface area contributed by atoms with Gasteiger partial charge in [-0.15, -0.1) is 0 Å². The molecule has 0 amide bonds. The minimum Gasteiger partial charge on any atom is -0.444 e. The molecule has 0 aromatic rings. The summed E-state index contributed by atoms with van der Waals surface area (Å²) in [5.74, 6) is 0.0967. The third-order valence-electron chi connectivity index (χ3n) is 1.84. The molecule has 0 aromatic carbocycles. The zero-order chi connectivity index (χ0) is 8.32. The number of allylic oxidation sites excluding steroid dienone is 1. The Morgan fingerprint density at radius 2 is 2.18 bits per heavy atom. The fourth-order valence-electron chi connectivity index (χ4n) is 1.07. The molecule has 0 aromatic heterocycles. The van der Waals surface area contributed by atoms with E-state index in [0.29, 0.717) is 6.42 Å². The Labute approximate surface area is 66.9 Å². The minimum absolute atomic E-state index is 0.670. The quantitative estimate of drug-likeness (QED) is 0.584. The molecule has 0 atom stereocenters. The van der Waals surface area contributed by atoms with E-state index < -0.39 is 5.97 Å². The Hall–Kier alpha value is -0.540. The molecule has 11 heavy (non-hydrogen) atoms. The predicted molar refractivity (Wildman–Crippen MR) is 40.8 cm³/mol. The molecule has 0 saturated carbocycles. The first-order valence-corrected chi connectivity index (χ1v) is 3.74. The van der Waals surface area contributed by atoms with E-state index in [-0.39, 0.29) is 0 Å². The van der Waals surface area contributed by atoms with Crippen LogP contribution in [0.15, 0.2) is 11.8 Å². The maximum atomic E-state index is 5.41. The number of rotatable bonds is 3. The lowest BCUT2D eigenvalue weighted by Gasteiger charge is -2.25. The summed E-state index contributed by atoms with van der Waals surface area (Å²) in [4.78, 5) is 0. The van der Waals surface area contributed by atoms with Crippen molar-refractivity contribution in [3.63, 3.8) is 0 Å². The van der Waals surface area contributed by atoms with E-state index in [2.05, 4.69) is 0 Å². The van der Waals surface area contributed by atoms with Crippen LogP contribution in [0.3, 0.4) is 0 Å². The lowest BCUT2D eigenvalue weighted by molar-refractivity contribution is -0.335. The molecule has 3 nitrogen and oxygen atoms in total. The van der Waals surface area contributed by atoms with Crippen LogP contribution in [0.1, 0.15) is 19.8 Å². The summed E-state index contributed by atoms with van der Waals surface area (Å²) in [6.07, 6.45) is 3.55. The van der Waals surface area contributed by atoms with Crippen LogP contribution < -0.4 is 0 Å². The van der Waals surface area contributed by atoms with Crippen LogP contribution in [0.4, 0.5) is 0 Å². The maximum Gasteiger partial charge on any atom is 0.329 e. The number of ether oxygens (including phenoxy) is 3. The van der Waals surface area contributed by atoms with Gasteiger partial charge in [-0.1, -0.05) is 6.92 Å². The van der Waals surface area contributed by atoms with Crippen LogP contribution in [0.2, 0.25) is 0 Å². The van der Waals surface area contributed by atoms with Crippen molar-refractivity contribution in [1.82, 2.24) is 0 Å². The number of hydrogen-bond donors (Lipinski definition) is 0. The van der Waals surface area contributed by atoms with Gasteiger partial charge in [0.05, 0.1) is 12.2 Å². The van der Waals surface area contributed by atoms with E-state index in [0.717, 1.165) is 12.2 Å². The van der Waals surface area contributed by atoms with Crippen LogP contribution in [0, 0.1) is 0 Å². The maximum absolute atomic E-state index is 5.41. The highest BCUT2D eigenvalue weighted by Gasteiger charge is 2.36. The Bertz CT molecular complexity index is 159. The fourth-order valence-corrected chi connectivity index (χ4v) is 1.07. The second kappa shape index (κ2) is 3.24. The van der Waals surface area contributed by atoms with Crippen molar-refractivity contribution in [2.45, 2.75) is 25.7 Å². The van der Waals surface area contributed by atoms with E-state index in [4.69, 9.17) is 14.2 Å². The molecular formula is C8H14O3. The van der Waals surface area contributed by atoms with Gasteiger partial charge in [-0.2, -0.15) is 0 Å². The van der Waals surface area contributed by atoms with E-state index in [1.165, 1.54) is 0 Å². The molecule has 1 aliphatic rings. The van der Waals surface area contributed by atoms with E-state index in [9.17, 15) is 0 Å². The Morgan fingerprint density at radius 1 is 1.55 bits per heavy atom. The van der Waals surface area contributed by atoms with E-state index >= 15 is 0 Å². The fraction of sp³-hybridized carbons (Fsp3) is 0.750. The monoisotopic (exact) mass is 158 g/mol. The van der Waals surface area contributed by atoms with Gasteiger partial charge in [0.15, 0.2) is 0 Å². The molecule has 1 rings (SSSR count). The zero-order valence-electron chi connectivity index (χ0n) is 7.22. The first-order chi connectivity index (χ1) is 5.26. The van der Waals surface area contributed by atoms with Gasteiger partial charge in [0.25, 0.3) is 0 Å². The third-order valence-corrected chi connectivity index (χ3v) is 1.84. The van der Waals surface area contributed by atoms with Crippen LogP contribution in [0.5, 0.6) is 0 Å². The first kappa shape index (κ1) is 8.56. The molecule has 0 saturated heterocycles. The van der Waals surface area contributed by atoms with Gasteiger partial charge < -0.3 is 14.2 Å². The lowest BCUT2D eigenvalue weighted by Crippen LogP contribution is -2.32. The van der Waals surface area contributed by atoms with Crippen molar-refractivity contribution in [2.24, 2.45) is 0 Å². The third kappa shape index (κ3) is 1.54. The molecule has 0 aliphatic carbocycles. The van der Waals surface area contributed by atoms with Crippen LogP contribution >= 0.6 is 0 Å². The van der Waals surface area contributed by atoms with Crippen molar-refractivity contribution in [1.29, 1.82) is 0 Å². The summed E-state index contributed by atoms with van der Waals surface area (Å²) in [7, 11) is 3.16.